The Hall–Kier alpha value is -2.83. The Morgan fingerprint density at radius 1 is 1.30 bits per heavy atom. The maximum atomic E-state index is 12.0. The summed E-state index contributed by atoms with van der Waals surface area (Å²) < 4.78 is 0. The molecule has 3 amide bonds. The summed E-state index contributed by atoms with van der Waals surface area (Å²) in [4.78, 5) is 23.4. The molecule has 118 valence electrons. The lowest BCUT2D eigenvalue weighted by Crippen LogP contribution is -2.28. The number of nitrogens with zero attached hydrogens (tertiary/aromatic N) is 1. The van der Waals surface area contributed by atoms with Crippen molar-refractivity contribution >= 4 is 23.3 Å². The third kappa shape index (κ3) is 2.65. The average molecular weight is 311 g/mol. The monoisotopic (exact) mass is 311 g/mol. The number of hydrogen-bond acceptors (Lipinski definition) is 3. The standard InChI is InChI=1S/C16H17N5O2/c22-15-7-9-6-10(4-5-12(9)19-15)18-16(23)17-8-14-11-2-1-3-13(11)20-21-14/h4-6H,1-3,7-8H2,(H,19,22)(H,20,21)(H2,17,18,23). The Morgan fingerprint density at radius 2 is 2.22 bits per heavy atom. The average Bonchev–Trinajstić information content (AvgIpc) is 3.19. The number of hydrogen-bond donors (Lipinski definition) is 4. The molecular formula is C16H17N5O2. The molecule has 4 N–H and O–H groups in total. The van der Waals surface area contributed by atoms with Crippen molar-refractivity contribution in [1.29, 1.82) is 0 Å². The summed E-state index contributed by atoms with van der Waals surface area (Å²) in [5.41, 5.74) is 5.73. The number of fused-ring (bicyclic) bond motifs is 2. The van der Waals surface area contributed by atoms with Gasteiger partial charge < -0.3 is 16.0 Å². The molecule has 23 heavy (non-hydrogen) atoms. The number of aromatic amines is 1. The number of aromatic nitrogens is 2. The summed E-state index contributed by atoms with van der Waals surface area (Å²) >= 11 is 0. The number of urea groups is 1. The van der Waals surface area contributed by atoms with Crippen molar-refractivity contribution < 1.29 is 9.59 Å². The summed E-state index contributed by atoms with van der Waals surface area (Å²) in [5, 5.41) is 15.7. The predicted molar refractivity (Wildman–Crippen MR) is 85.2 cm³/mol. The number of aryl methyl sites for hydroxylation is 1. The molecule has 0 spiro atoms. The number of benzene rings is 1. The van der Waals surface area contributed by atoms with E-state index in [1.54, 1.807) is 12.1 Å². The van der Waals surface area contributed by atoms with Crippen LogP contribution in [-0.2, 0) is 30.6 Å². The number of anilines is 2. The van der Waals surface area contributed by atoms with Crippen LogP contribution < -0.4 is 16.0 Å². The van der Waals surface area contributed by atoms with Crippen molar-refractivity contribution in [1.82, 2.24) is 15.5 Å². The number of amides is 3. The van der Waals surface area contributed by atoms with E-state index in [1.165, 1.54) is 11.3 Å². The number of nitrogens with one attached hydrogen (secondary N) is 4. The molecule has 0 saturated carbocycles. The molecule has 0 atom stereocenters. The van der Waals surface area contributed by atoms with Gasteiger partial charge in [0.25, 0.3) is 0 Å². The molecule has 2 aromatic rings. The van der Waals surface area contributed by atoms with Crippen LogP contribution in [0.3, 0.4) is 0 Å². The fraction of sp³-hybridized carbons (Fsp3) is 0.312. The summed E-state index contributed by atoms with van der Waals surface area (Å²) in [6, 6.07) is 5.11. The summed E-state index contributed by atoms with van der Waals surface area (Å²) in [7, 11) is 0. The molecule has 0 radical (unpaired) electrons. The van der Waals surface area contributed by atoms with Crippen LogP contribution in [-0.4, -0.2) is 22.1 Å². The van der Waals surface area contributed by atoms with Gasteiger partial charge in [0, 0.05) is 17.1 Å². The first-order valence-corrected chi connectivity index (χ1v) is 7.71. The van der Waals surface area contributed by atoms with E-state index in [-0.39, 0.29) is 11.9 Å². The second-order valence-corrected chi connectivity index (χ2v) is 5.89. The maximum Gasteiger partial charge on any atom is 0.319 e. The topological polar surface area (TPSA) is 98.9 Å². The van der Waals surface area contributed by atoms with Gasteiger partial charge in [0.15, 0.2) is 0 Å². The van der Waals surface area contributed by atoms with Gasteiger partial charge in [-0.05, 0) is 48.6 Å². The van der Waals surface area contributed by atoms with Gasteiger partial charge in [-0.3, -0.25) is 9.89 Å². The Morgan fingerprint density at radius 3 is 3.13 bits per heavy atom. The van der Waals surface area contributed by atoms with Gasteiger partial charge in [-0.1, -0.05) is 0 Å². The molecule has 7 heteroatoms. The molecule has 0 unspecified atom stereocenters. The maximum absolute atomic E-state index is 12.0. The van der Waals surface area contributed by atoms with E-state index in [0.29, 0.717) is 18.7 Å². The van der Waals surface area contributed by atoms with Crippen LogP contribution in [0, 0.1) is 0 Å². The van der Waals surface area contributed by atoms with E-state index >= 15 is 0 Å². The van der Waals surface area contributed by atoms with Crippen LogP contribution in [0.25, 0.3) is 0 Å². The molecule has 2 aliphatic rings. The van der Waals surface area contributed by atoms with E-state index in [2.05, 4.69) is 26.1 Å². The Labute approximate surface area is 132 Å². The van der Waals surface area contributed by atoms with E-state index in [0.717, 1.165) is 36.2 Å². The minimum absolute atomic E-state index is 0.0195. The molecule has 0 fully saturated rings. The van der Waals surface area contributed by atoms with Crippen molar-refractivity contribution in [2.24, 2.45) is 0 Å². The highest BCUT2D eigenvalue weighted by atomic mass is 16.2. The second kappa shape index (κ2) is 5.42. The molecular weight excluding hydrogens is 294 g/mol. The van der Waals surface area contributed by atoms with Gasteiger partial charge >= 0.3 is 6.03 Å². The summed E-state index contributed by atoms with van der Waals surface area (Å²) in [5.74, 6) is -0.0195. The van der Waals surface area contributed by atoms with Crippen LogP contribution in [0.5, 0.6) is 0 Å². The predicted octanol–water partition coefficient (Wildman–Crippen LogP) is 1.71. The summed E-state index contributed by atoms with van der Waals surface area (Å²) in [6.07, 6.45) is 3.56. The van der Waals surface area contributed by atoms with Gasteiger partial charge in [0.05, 0.1) is 18.7 Å². The lowest BCUT2D eigenvalue weighted by atomic mass is 10.1. The van der Waals surface area contributed by atoms with Gasteiger partial charge in [0.1, 0.15) is 0 Å². The first kappa shape index (κ1) is 13.8. The molecule has 0 bridgehead atoms. The zero-order valence-electron chi connectivity index (χ0n) is 12.5. The van der Waals surface area contributed by atoms with Gasteiger partial charge in [-0.2, -0.15) is 5.10 Å². The van der Waals surface area contributed by atoms with Gasteiger partial charge in [-0.25, -0.2) is 4.79 Å². The van der Waals surface area contributed by atoms with E-state index < -0.39 is 0 Å². The highest BCUT2D eigenvalue weighted by Gasteiger charge is 2.19. The Balaban J connectivity index is 1.37. The molecule has 1 aliphatic carbocycles. The number of carbonyl (C=O) groups is 2. The zero-order chi connectivity index (χ0) is 15.8. The third-order valence-corrected chi connectivity index (χ3v) is 4.30. The Bertz CT molecular complexity index is 796. The smallest absolute Gasteiger partial charge is 0.319 e. The number of carbonyl (C=O) groups excluding carboxylic acids is 2. The third-order valence-electron chi connectivity index (χ3n) is 4.30. The molecule has 1 aromatic carbocycles. The minimum atomic E-state index is -0.281. The summed E-state index contributed by atoms with van der Waals surface area (Å²) in [6.45, 7) is 0.405. The molecule has 7 nitrogen and oxygen atoms in total. The lowest BCUT2D eigenvalue weighted by Gasteiger charge is -2.08. The van der Waals surface area contributed by atoms with Crippen molar-refractivity contribution in [3.8, 4) is 0 Å². The lowest BCUT2D eigenvalue weighted by molar-refractivity contribution is -0.115. The zero-order valence-corrected chi connectivity index (χ0v) is 12.5. The molecule has 2 heterocycles. The number of rotatable bonds is 3. The van der Waals surface area contributed by atoms with Crippen LogP contribution >= 0.6 is 0 Å². The van der Waals surface area contributed by atoms with Crippen molar-refractivity contribution in [3.05, 3.63) is 40.7 Å². The first-order chi connectivity index (χ1) is 11.2. The van der Waals surface area contributed by atoms with Crippen molar-refractivity contribution in [2.45, 2.75) is 32.2 Å². The van der Waals surface area contributed by atoms with Crippen LogP contribution in [0.1, 0.15) is 28.9 Å². The van der Waals surface area contributed by atoms with Gasteiger partial charge in [0.2, 0.25) is 5.91 Å². The van der Waals surface area contributed by atoms with E-state index in [4.69, 9.17) is 0 Å². The molecule has 4 rings (SSSR count). The molecule has 1 aromatic heterocycles. The highest BCUT2D eigenvalue weighted by Crippen LogP contribution is 2.26. The van der Waals surface area contributed by atoms with Crippen LogP contribution in [0.2, 0.25) is 0 Å². The number of H-pyrrole nitrogens is 1. The fourth-order valence-electron chi connectivity index (χ4n) is 3.18. The van der Waals surface area contributed by atoms with E-state index in [9.17, 15) is 9.59 Å². The molecule has 0 saturated heterocycles. The highest BCUT2D eigenvalue weighted by molar-refractivity contribution is 6.00. The first-order valence-electron chi connectivity index (χ1n) is 7.71. The van der Waals surface area contributed by atoms with Crippen LogP contribution in [0.4, 0.5) is 16.2 Å². The van der Waals surface area contributed by atoms with Crippen molar-refractivity contribution in [3.63, 3.8) is 0 Å². The van der Waals surface area contributed by atoms with Gasteiger partial charge in [-0.15, -0.1) is 0 Å². The minimum Gasteiger partial charge on any atom is -0.332 e. The Kier molecular flexibility index (Phi) is 3.25. The molecule has 1 aliphatic heterocycles. The fourth-order valence-corrected chi connectivity index (χ4v) is 3.18. The SMILES string of the molecule is O=C1Cc2cc(NC(=O)NCc3n[nH]c4c3CCC4)ccc2N1. The van der Waals surface area contributed by atoms with Crippen LogP contribution in [0.15, 0.2) is 18.2 Å². The van der Waals surface area contributed by atoms with E-state index in [1.807, 2.05) is 6.07 Å². The quantitative estimate of drug-likeness (QED) is 0.694. The largest absolute Gasteiger partial charge is 0.332 e. The normalized spacial score (nSPS) is 15.0. The second-order valence-electron chi connectivity index (χ2n) is 5.89. The van der Waals surface area contributed by atoms with Crippen molar-refractivity contribution in [2.75, 3.05) is 10.6 Å².